The first kappa shape index (κ1) is 10.6. The molecule has 17 heavy (non-hydrogen) atoms. The molecule has 0 aromatic heterocycles. The number of fused-ring (bicyclic) bond motifs is 2. The minimum atomic E-state index is 0.0384. The Hall–Kier alpha value is -1.51. The lowest BCUT2D eigenvalue weighted by atomic mass is 9.74. The zero-order valence-electron chi connectivity index (χ0n) is 10.1. The second-order valence-electron chi connectivity index (χ2n) is 5.08. The highest BCUT2D eigenvalue weighted by Crippen LogP contribution is 2.44. The fourth-order valence-corrected chi connectivity index (χ4v) is 3.24. The maximum Gasteiger partial charge on any atom is 0.251 e. The molecule has 90 valence electrons. The van der Waals surface area contributed by atoms with E-state index in [0.29, 0.717) is 0 Å². The van der Waals surface area contributed by atoms with Crippen molar-refractivity contribution in [2.24, 2.45) is 0 Å². The lowest BCUT2D eigenvalue weighted by Crippen LogP contribution is -2.45. The summed E-state index contributed by atoms with van der Waals surface area (Å²) in [5.74, 6) is 0.797. The van der Waals surface area contributed by atoms with Crippen molar-refractivity contribution in [2.45, 2.75) is 31.1 Å². The van der Waals surface area contributed by atoms with Gasteiger partial charge < -0.3 is 10.1 Å². The van der Waals surface area contributed by atoms with E-state index >= 15 is 0 Å². The number of nitrogens with one attached hydrogen (secondary N) is 1. The fourth-order valence-electron chi connectivity index (χ4n) is 3.24. The molecule has 1 aromatic rings. The third kappa shape index (κ3) is 1.53. The topological polar surface area (TPSA) is 38.3 Å². The predicted molar refractivity (Wildman–Crippen MR) is 65.5 cm³/mol. The molecule has 1 aliphatic heterocycles. The number of hydrogen-bond donors (Lipinski definition) is 1. The quantitative estimate of drug-likeness (QED) is 0.805. The minimum absolute atomic E-state index is 0.0384. The average molecular weight is 231 g/mol. The number of amides is 1. The number of methoxy groups -OCH3 is 1. The normalized spacial score (nSPS) is 21.1. The van der Waals surface area contributed by atoms with Crippen LogP contribution in [0.1, 0.15) is 41.6 Å². The van der Waals surface area contributed by atoms with Crippen LogP contribution in [0.4, 0.5) is 0 Å². The van der Waals surface area contributed by atoms with E-state index in [4.69, 9.17) is 4.74 Å². The fraction of sp³-hybridized carbons (Fsp3) is 0.500. The zero-order valence-corrected chi connectivity index (χ0v) is 10.1. The van der Waals surface area contributed by atoms with E-state index in [0.717, 1.165) is 17.9 Å². The largest absolute Gasteiger partial charge is 0.497 e. The van der Waals surface area contributed by atoms with Crippen molar-refractivity contribution in [1.82, 2.24) is 5.32 Å². The maximum atomic E-state index is 11.9. The van der Waals surface area contributed by atoms with Gasteiger partial charge in [-0.05, 0) is 30.5 Å². The summed E-state index contributed by atoms with van der Waals surface area (Å²) >= 11 is 0. The predicted octanol–water partition coefficient (Wildman–Crippen LogP) is 2.25. The number of ether oxygens (including phenoxy) is 1. The van der Waals surface area contributed by atoms with Gasteiger partial charge in [0.25, 0.3) is 5.91 Å². The Bertz CT molecular complexity index is 461. The van der Waals surface area contributed by atoms with Crippen molar-refractivity contribution in [2.75, 3.05) is 13.7 Å². The molecule has 3 rings (SSSR count). The van der Waals surface area contributed by atoms with Gasteiger partial charge in [0.2, 0.25) is 0 Å². The zero-order chi connectivity index (χ0) is 11.9. The second-order valence-corrected chi connectivity index (χ2v) is 5.08. The summed E-state index contributed by atoms with van der Waals surface area (Å²) in [7, 11) is 1.63. The molecule has 0 unspecified atom stereocenters. The molecule has 0 saturated heterocycles. The summed E-state index contributed by atoms with van der Waals surface area (Å²) in [5, 5.41) is 3.03. The van der Waals surface area contributed by atoms with Crippen molar-refractivity contribution in [3.05, 3.63) is 29.3 Å². The summed E-state index contributed by atoms with van der Waals surface area (Å²) in [4.78, 5) is 11.9. The van der Waals surface area contributed by atoms with Crippen LogP contribution < -0.4 is 10.1 Å². The first-order valence-electron chi connectivity index (χ1n) is 6.22. The molecule has 1 heterocycles. The molecule has 0 radical (unpaired) electrons. The smallest absolute Gasteiger partial charge is 0.251 e. The third-order valence-corrected chi connectivity index (χ3v) is 4.19. The van der Waals surface area contributed by atoms with Crippen LogP contribution in [0.25, 0.3) is 0 Å². The van der Waals surface area contributed by atoms with Crippen LogP contribution in [0.15, 0.2) is 18.2 Å². The van der Waals surface area contributed by atoms with Crippen LogP contribution >= 0.6 is 0 Å². The molecule has 1 aliphatic carbocycles. The van der Waals surface area contributed by atoms with E-state index in [-0.39, 0.29) is 11.3 Å². The average Bonchev–Trinajstić information content (AvgIpc) is 2.83. The number of benzene rings is 1. The second kappa shape index (κ2) is 3.76. The molecule has 1 aromatic carbocycles. The van der Waals surface area contributed by atoms with Crippen molar-refractivity contribution < 1.29 is 9.53 Å². The van der Waals surface area contributed by atoms with E-state index in [1.165, 1.54) is 31.2 Å². The number of hydrogen-bond acceptors (Lipinski definition) is 2. The number of carbonyl (C=O) groups is 1. The van der Waals surface area contributed by atoms with Gasteiger partial charge in [-0.2, -0.15) is 0 Å². The molecule has 3 heteroatoms. The van der Waals surface area contributed by atoms with E-state index in [1.54, 1.807) is 7.11 Å². The Balaban J connectivity index is 2.12. The van der Waals surface area contributed by atoms with Gasteiger partial charge in [0.05, 0.1) is 7.11 Å². The molecular weight excluding hydrogens is 214 g/mol. The van der Waals surface area contributed by atoms with E-state index in [2.05, 4.69) is 11.4 Å². The summed E-state index contributed by atoms with van der Waals surface area (Å²) in [6.45, 7) is 0.797. The van der Waals surface area contributed by atoms with Gasteiger partial charge in [-0.3, -0.25) is 4.79 Å². The van der Waals surface area contributed by atoms with Crippen molar-refractivity contribution in [1.29, 1.82) is 0 Å². The maximum absolute atomic E-state index is 11.9. The number of carbonyl (C=O) groups excluding carboxylic acids is 1. The Morgan fingerprint density at radius 3 is 2.76 bits per heavy atom. The van der Waals surface area contributed by atoms with E-state index < -0.39 is 0 Å². The molecule has 1 N–H and O–H groups in total. The van der Waals surface area contributed by atoms with Gasteiger partial charge in [0.15, 0.2) is 0 Å². The highest BCUT2D eigenvalue weighted by molar-refractivity contribution is 5.98. The van der Waals surface area contributed by atoms with Gasteiger partial charge in [-0.15, -0.1) is 0 Å². The van der Waals surface area contributed by atoms with Crippen LogP contribution in [-0.2, 0) is 5.41 Å². The SMILES string of the molecule is COc1ccc2c(c1)C(=O)NCC21CCCC1. The van der Waals surface area contributed by atoms with Gasteiger partial charge in [0.1, 0.15) is 5.75 Å². The van der Waals surface area contributed by atoms with Crippen LogP contribution in [0.2, 0.25) is 0 Å². The van der Waals surface area contributed by atoms with Crippen LogP contribution in [0, 0.1) is 0 Å². The molecule has 1 saturated carbocycles. The van der Waals surface area contributed by atoms with Gasteiger partial charge >= 0.3 is 0 Å². The standard InChI is InChI=1S/C14H17NO2/c1-17-10-4-5-12-11(8-10)13(16)15-9-14(12)6-2-3-7-14/h4-5,8H,2-3,6-7,9H2,1H3,(H,15,16). The highest BCUT2D eigenvalue weighted by atomic mass is 16.5. The molecule has 0 atom stereocenters. The van der Waals surface area contributed by atoms with Gasteiger partial charge in [0, 0.05) is 17.5 Å². The summed E-state index contributed by atoms with van der Waals surface area (Å²) in [5.41, 5.74) is 2.22. The van der Waals surface area contributed by atoms with Crippen LogP contribution in [-0.4, -0.2) is 19.6 Å². The molecule has 1 amide bonds. The minimum Gasteiger partial charge on any atom is -0.497 e. The van der Waals surface area contributed by atoms with Crippen LogP contribution in [0.5, 0.6) is 5.75 Å². The molecule has 0 bridgehead atoms. The van der Waals surface area contributed by atoms with Crippen LogP contribution in [0.3, 0.4) is 0 Å². The highest BCUT2D eigenvalue weighted by Gasteiger charge is 2.41. The monoisotopic (exact) mass is 231 g/mol. The Morgan fingerprint density at radius 2 is 2.06 bits per heavy atom. The van der Waals surface area contributed by atoms with Crippen molar-refractivity contribution in [3.63, 3.8) is 0 Å². The van der Waals surface area contributed by atoms with E-state index in [1.807, 2.05) is 12.1 Å². The molecule has 2 aliphatic rings. The first-order chi connectivity index (χ1) is 8.25. The lowest BCUT2D eigenvalue weighted by Gasteiger charge is -2.35. The molecule has 1 fully saturated rings. The van der Waals surface area contributed by atoms with Crippen molar-refractivity contribution in [3.8, 4) is 5.75 Å². The summed E-state index contributed by atoms with van der Waals surface area (Å²) in [6, 6.07) is 5.92. The van der Waals surface area contributed by atoms with Crippen molar-refractivity contribution >= 4 is 5.91 Å². The van der Waals surface area contributed by atoms with E-state index in [9.17, 15) is 4.79 Å². The Morgan fingerprint density at radius 1 is 1.29 bits per heavy atom. The third-order valence-electron chi connectivity index (χ3n) is 4.19. The Labute approximate surface area is 101 Å². The first-order valence-corrected chi connectivity index (χ1v) is 6.22. The molecule has 1 spiro atoms. The summed E-state index contributed by atoms with van der Waals surface area (Å²) < 4.78 is 5.20. The van der Waals surface area contributed by atoms with Gasteiger partial charge in [-0.25, -0.2) is 0 Å². The molecular formula is C14H17NO2. The number of rotatable bonds is 1. The molecule has 3 nitrogen and oxygen atoms in total. The Kier molecular flexibility index (Phi) is 2.35. The van der Waals surface area contributed by atoms with Gasteiger partial charge in [-0.1, -0.05) is 18.9 Å². The summed E-state index contributed by atoms with van der Waals surface area (Å²) in [6.07, 6.45) is 4.90. The lowest BCUT2D eigenvalue weighted by molar-refractivity contribution is 0.0924.